The molecule has 6 nitrogen and oxygen atoms in total. The number of aromatic nitrogens is 2. The van der Waals surface area contributed by atoms with E-state index in [-0.39, 0.29) is 0 Å². The zero-order valence-electron chi connectivity index (χ0n) is 16.8. The van der Waals surface area contributed by atoms with Gasteiger partial charge in [-0.25, -0.2) is 4.98 Å². The molecule has 1 aliphatic rings. The van der Waals surface area contributed by atoms with E-state index in [0.717, 1.165) is 30.9 Å². The van der Waals surface area contributed by atoms with Crippen LogP contribution in [0.1, 0.15) is 61.6 Å². The summed E-state index contributed by atoms with van der Waals surface area (Å²) >= 11 is 0. The SMILES string of the molecule is Cc1cccc(N(C=O)CCC2(C)CCCCC2)n1.NC(=O)c1ccccn1. The van der Waals surface area contributed by atoms with E-state index in [1.165, 1.54) is 38.3 Å². The van der Waals surface area contributed by atoms with Gasteiger partial charge in [-0.1, -0.05) is 38.3 Å². The summed E-state index contributed by atoms with van der Waals surface area (Å²) in [5.74, 6) is 0.282. The van der Waals surface area contributed by atoms with Crippen molar-refractivity contribution in [3.63, 3.8) is 0 Å². The van der Waals surface area contributed by atoms with Crippen LogP contribution in [0.2, 0.25) is 0 Å². The minimum atomic E-state index is -0.490. The van der Waals surface area contributed by atoms with Crippen LogP contribution in [-0.2, 0) is 4.79 Å². The second-order valence-electron chi connectivity index (χ2n) is 7.64. The summed E-state index contributed by atoms with van der Waals surface area (Å²) in [5, 5.41) is 0. The summed E-state index contributed by atoms with van der Waals surface area (Å²) < 4.78 is 0. The van der Waals surface area contributed by atoms with Crippen molar-refractivity contribution in [1.29, 1.82) is 0 Å². The first kappa shape index (κ1) is 21.5. The Hall–Kier alpha value is -2.76. The van der Waals surface area contributed by atoms with E-state index in [9.17, 15) is 9.59 Å². The highest BCUT2D eigenvalue weighted by atomic mass is 16.1. The molecule has 0 spiro atoms. The first-order valence-electron chi connectivity index (χ1n) is 9.80. The van der Waals surface area contributed by atoms with Crippen LogP contribution >= 0.6 is 0 Å². The molecule has 2 aromatic heterocycles. The van der Waals surface area contributed by atoms with Gasteiger partial charge in [0.05, 0.1) is 0 Å². The predicted octanol–water partition coefficient (Wildman–Crippen LogP) is 3.89. The molecule has 2 amide bonds. The van der Waals surface area contributed by atoms with Crippen molar-refractivity contribution in [3.05, 3.63) is 54.0 Å². The maximum atomic E-state index is 11.3. The number of carbonyl (C=O) groups is 2. The lowest BCUT2D eigenvalue weighted by atomic mass is 9.73. The van der Waals surface area contributed by atoms with Crippen LogP contribution in [-0.4, -0.2) is 28.8 Å². The summed E-state index contributed by atoms with van der Waals surface area (Å²) in [5.41, 5.74) is 6.57. The third-order valence-electron chi connectivity index (χ3n) is 5.23. The quantitative estimate of drug-likeness (QED) is 0.768. The zero-order chi connectivity index (χ0) is 20.4. The molecule has 1 fully saturated rings. The van der Waals surface area contributed by atoms with Crippen LogP contribution < -0.4 is 10.6 Å². The van der Waals surface area contributed by atoms with Gasteiger partial charge in [0.1, 0.15) is 11.5 Å². The summed E-state index contributed by atoms with van der Waals surface area (Å²) in [7, 11) is 0. The van der Waals surface area contributed by atoms with Crippen molar-refractivity contribution in [2.24, 2.45) is 11.1 Å². The molecule has 1 aliphatic carbocycles. The second-order valence-corrected chi connectivity index (χ2v) is 7.64. The Morgan fingerprint density at radius 1 is 1.18 bits per heavy atom. The number of aryl methyl sites for hydroxylation is 1. The minimum absolute atomic E-state index is 0.303. The molecule has 0 atom stereocenters. The Balaban J connectivity index is 0.000000261. The maximum absolute atomic E-state index is 11.3. The molecule has 0 aliphatic heterocycles. The molecule has 2 N–H and O–H groups in total. The Morgan fingerprint density at radius 2 is 1.93 bits per heavy atom. The molecule has 2 aromatic rings. The summed E-state index contributed by atoms with van der Waals surface area (Å²) in [6, 6.07) is 10.8. The highest BCUT2D eigenvalue weighted by Crippen LogP contribution is 2.38. The normalized spacial score (nSPS) is 15.1. The van der Waals surface area contributed by atoms with Crippen molar-refractivity contribution in [2.45, 2.75) is 52.4 Å². The first-order valence-corrected chi connectivity index (χ1v) is 9.80. The van der Waals surface area contributed by atoms with Crippen LogP contribution in [0.15, 0.2) is 42.6 Å². The number of hydrogen-bond donors (Lipinski definition) is 1. The van der Waals surface area contributed by atoms with Crippen molar-refractivity contribution in [2.75, 3.05) is 11.4 Å². The standard InChI is InChI=1S/C16H24N2O.C6H6N2O/c1-14-7-6-8-15(17-14)18(13-19)12-11-16(2)9-4-3-5-10-16;7-6(9)5-3-1-2-4-8-5/h6-8,13H,3-5,9-12H2,1-2H3;1-4H,(H2,7,9). The van der Waals surface area contributed by atoms with Gasteiger partial charge in [0, 0.05) is 18.4 Å². The molecule has 0 bridgehead atoms. The van der Waals surface area contributed by atoms with E-state index < -0.39 is 5.91 Å². The summed E-state index contributed by atoms with van der Waals surface area (Å²) in [6.45, 7) is 5.09. The molecule has 1 saturated carbocycles. The van der Waals surface area contributed by atoms with Crippen LogP contribution in [0.25, 0.3) is 0 Å². The molecule has 6 heteroatoms. The molecule has 0 radical (unpaired) electrons. The summed E-state index contributed by atoms with van der Waals surface area (Å²) in [6.07, 6.45) is 10.1. The third kappa shape index (κ3) is 6.76. The molecule has 3 rings (SSSR count). The number of nitrogens with zero attached hydrogens (tertiary/aromatic N) is 3. The maximum Gasteiger partial charge on any atom is 0.267 e. The van der Waals surface area contributed by atoms with Crippen LogP contribution in [0.4, 0.5) is 5.82 Å². The molecule has 150 valence electrons. The molecule has 0 saturated heterocycles. The molecule has 0 aromatic carbocycles. The molecular formula is C22H30N4O2. The Bertz CT molecular complexity index is 758. The summed E-state index contributed by atoms with van der Waals surface area (Å²) in [4.78, 5) is 31.5. The number of primary amides is 1. The molecule has 0 unspecified atom stereocenters. The third-order valence-corrected chi connectivity index (χ3v) is 5.23. The number of anilines is 1. The zero-order valence-corrected chi connectivity index (χ0v) is 16.8. The number of carbonyl (C=O) groups excluding carboxylic acids is 2. The monoisotopic (exact) mass is 382 g/mol. The number of pyridine rings is 2. The number of amides is 2. The fourth-order valence-corrected chi connectivity index (χ4v) is 3.46. The molecule has 2 heterocycles. The lowest BCUT2D eigenvalue weighted by molar-refractivity contribution is -0.107. The van der Waals surface area contributed by atoms with Crippen molar-refractivity contribution in [1.82, 2.24) is 9.97 Å². The second kappa shape index (κ2) is 10.5. The van der Waals surface area contributed by atoms with Crippen molar-refractivity contribution in [3.8, 4) is 0 Å². The highest BCUT2D eigenvalue weighted by molar-refractivity contribution is 5.90. The fraction of sp³-hybridized carbons (Fsp3) is 0.455. The van der Waals surface area contributed by atoms with Crippen molar-refractivity contribution < 1.29 is 9.59 Å². The van der Waals surface area contributed by atoms with E-state index in [4.69, 9.17) is 5.73 Å². The topological polar surface area (TPSA) is 89.2 Å². The smallest absolute Gasteiger partial charge is 0.267 e. The highest BCUT2D eigenvalue weighted by Gasteiger charge is 2.27. The van der Waals surface area contributed by atoms with Gasteiger partial charge in [-0.05, 0) is 55.9 Å². The average Bonchev–Trinajstić information content (AvgIpc) is 2.70. The Kier molecular flexibility index (Phi) is 8.11. The van der Waals surface area contributed by atoms with Gasteiger partial charge >= 0.3 is 0 Å². The van der Waals surface area contributed by atoms with Gasteiger partial charge in [0.25, 0.3) is 5.91 Å². The van der Waals surface area contributed by atoms with Gasteiger partial charge in [-0.3, -0.25) is 19.5 Å². The molecular weight excluding hydrogens is 352 g/mol. The lowest BCUT2D eigenvalue weighted by Gasteiger charge is -2.34. The van der Waals surface area contributed by atoms with Crippen molar-refractivity contribution >= 4 is 18.1 Å². The first-order chi connectivity index (χ1) is 13.4. The fourth-order valence-electron chi connectivity index (χ4n) is 3.46. The largest absolute Gasteiger partial charge is 0.364 e. The lowest BCUT2D eigenvalue weighted by Crippen LogP contribution is -2.30. The van der Waals surface area contributed by atoms with E-state index in [0.29, 0.717) is 11.1 Å². The predicted molar refractivity (Wildman–Crippen MR) is 111 cm³/mol. The number of hydrogen-bond acceptors (Lipinski definition) is 4. The van der Waals surface area contributed by atoms with Gasteiger partial charge in [-0.15, -0.1) is 0 Å². The van der Waals surface area contributed by atoms with E-state index in [2.05, 4.69) is 16.9 Å². The van der Waals surface area contributed by atoms with Gasteiger partial charge in [-0.2, -0.15) is 0 Å². The van der Waals surface area contributed by atoms with E-state index in [1.807, 2.05) is 25.1 Å². The van der Waals surface area contributed by atoms with Crippen LogP contribution in [0, 0.1) is 12.3 Å². The van der Waals surface area contributed by atoms with Crippen LogP contribution in [0.3, 0.4) is 0 Å². The van der Waals surface area contributed by atoms with Gasteiger partial charge < -0.3 is 5.73 Å². The van der Waals surface area contributed by atoms with E-state index in [1.54, 1.807) is 23.1 Å². The molecule has 28 heavy (non-hydrogen) atoms. The average molecular weight is 383 g/mol. The number of rotatable bonds is 6. The minimum Gasteiger partial charge on any atom is -0.364 e. The Morgan fingerprint density at radius 3 is 2.46 bits per heavy atom. The van der Waals surface area contributed by atoms with E-state index >= 15 is 0 Å². The van der Waals surface area contributed by atoms with Gasteiger partial charge in [0.15, 0.2) is 0 Å². The van der Waals surface area contributed by atoms with Gasteiger partial charge in [0.2, 0.25) is 6.41 Å². The number of nitrogens with two attached hydrogens (primary N) is 1. The van der Waals surface area contributed by atoms with Crippen LogP contribution in [0.5, 0.6) is 0 Å². The Labute approximate surface area is 167 Å².